The van der Waals surface area contributed by atoms with Crippen molar-refractivity contribution in [3.63, 3.8) is 0 Å². The minimum atomic E-state index is -0.683. The number of hydrogen-bond donors (Lipinski definition) is 0. The van der Waals surface area contributed by atoms with Gasteiger partial charge in [0, 0.05) is 11.8 Å². The Labute approximate surface area is 235 Å². The fraction of sp³-hybridized carbons (Fsp3) is 0.861. The molecule has 0 aromatic carbocycles. The fourth-order valence-electron chi connectivity index (χ4n) is 9.44. The van der Waals surface area contributed by atoms with Crippen LogP contribution < -0.4 is 0 Å². The van der Waals surface area contributed by atoms with Gasteiger partial charge in [-0.05, 0) is 93.3 Å². The zero-order valence-electron chi connectivity index (χ0n) is 25.2. The van der Waals surface area contributed by atoms with Gasteiger partial charge >= 0.3 is 5.97 Å². The standard InChI is InChI=1S/C36H58O2/c1-5-7-17-28(3)18-13-11-9-8-10-12-14-21-34(37)38-36(6-2)27-25-33-32-23-22-29-19-15-16-20-30(29)31(32)24-26-35(33,36)4/h2,15-16,28-33H,5,7-14,17-27H2,1,3-4H3/t28?,29?,30-,31+,32+,33-,35-,36-/m0/s1. The Hall–Kier alpha value is -1.23. The van der Waals surface area contributed by atoms with Crippen molar-refractivity contribution in [3.05, 3.63) is 12.2 Å². The molecule has 0 aliphatic heterocycles. The summed E-state index contributed by atoms with van der Waals surface area (Å²) in [5.74, 6) is 7.96. The molecule has 38 heavy (non-hydrogen) atoms. The molecule has 214 valence electrons. The molecule has 0 bridgehead atoms. The van der Waals surface area contributed by atoms with Crippen LogP contribution in [0.2, 0.25) is 0 Å². The third kappa shape index (κ3) is 6.56. The van der Waals surface area contributed by atoms with Crippen LogP contribution in [0.3, 0.4) is 0 Å². The molecule has 0 amide bonds. The smallest absolute Gasteiger partial charge is 0.307 e. The number of ether oxygens (including phenoxy) is 1. The predicted octanol–water partition coefficient (Wildman–Crippen LogP) is 10.1. The molecule has 0 spiro atoms. The van der Waals surface area contributed by atoms with E-state index in [4.69, 9.17) is 11.2 Å². The molecule has 8 atom stereocenters. The molecular weight excluding hydrogens is 464 g/mol. The van der Waals surface area contributed by atoms with Crippen molar-refractivity contribution in [3.8, 4) is 12.3 Å². The van der Waals surface area contributed by atoms with Crippen molar-refractivity contribution in [1.29, 1.82) is 0 Å². The maximum Gasteiger partial charge on any atom is 0.307 e. The van der Waals surface area contributed by atoms with Crippen LogP contribution in [0, 0.1) is 53.3 Å². The molecule has 0 heterocycles. The molecule has 2 unspecified atom stereocenters. The van der Waals surface area contributed by atoms with E-state index in [2.05, 4.69) is 38.8 Å². The topological polar surface area (TPSA) is 26.3 Å². The van der Waals surface area contributed by atoms with Crippen molar-refractivity contribution in [2.24, 2.45) is 40.9 Å². The Bertz CT molecular complexity index is 822. The van der Waals surface area contributed by atoms with Gasteiger partial charge in [0.1, 0.15) is 0 Å². The van der Waals surface area contributed by atoms with E-state index in [1.165, 1.54) is 89.9 Å². The molecule has 0 aromatic rings. The van der Waals surface area contributed by atoms with E-state index in [-0.39, 0.29) is 11.4 Å². The number of esters is 1. The van der Waals surface area contributed by atoms with E-state index in [1.54, 1.807) is 0 Å². The SMILES string of the molecule is C#C[C@]1(OC(=O)CCCCCCCCCC(C)CCCC)CC[C@H]2[C@@H]3CCC4CC=CC[C@@H]4[C@H]3CC[C@@]21C. The summed E-state index contributed by atoms with van der Waals surface area (Å²) in [4.78, 5) is 13.0. The van der Waals surface area contributed by atoms with E-state index < -0.39 is 5.60 Å². The Kier molecular flexibility index (Phi) is 10.9. The molecule has 4 rings (SSSR count). The Morgan fingerprint density at radius 3 is 2.37 bits per heavy atom. The summed E-state index contributed by atoms with van der Waals surface area (Å²) in [6.45, 7) is 7.08. The maximum atomic E-state index is 13.0. The van der Waals surface area contributed by atoms with Gasteiger partial charge in [-0.1, -0.05) is 103 Å². The number of carbonyl (C=O) groups excluding carboxylic acids is 1. The van der Waals surface area contributed by atoms with Gasteiger partial charge in [-0.3, -0.25) is 4.79 Å². The van der Waals surface area contributed by atoms with Gasteiger partial charge in [0.05, 0.1) is 0 Å². The van der Waals surface area contributed by atoms with Crippen LogP contribution in [0.1, 0.15) is 149 Å². The Morgan fingerprint density at radius 1 is 0.895 bits per heavy atom. The fourth-order valence-corrected chi connectivity index (χ4v) is 9.44. The zero-order chi connectivity index (χ0) is 27.0. The lowest BCUT2D eigenvalue weighted by Crippen LogP contribution is -2.54. The lowest BCUT2D eigenvalue weighted by atomic mass is 9.49. The zero-order valence-corrected chi connectivity index (χ0v) is 25.2. The number of terminal acetylenes is 1. The summed E-state index contributed by atoms with van der Waals surface area (Å²) in [7, 11) is 0. The van der Waals surface area contributed by atoms with Crippen molar-refractivity contribution < 1.29 is 9.53 Å². The minimum Gasteiger partial charge on any atom is -0.445 e. The highest BCUT2D eigenvalue weighted by atomic mass is 16.6. The van der Waals surface area contributed by atoms with Gasteiger partial charge in [-0.25, -0.2) is 0 Å². The first-order chi connectivity index (χ1) is 18.4. The van der Waals surface area contributed by atoms with Crippen LogP contribution in [0.15, 0.2) is 12.2 Å². The van der Waals surface area contributed by atoms with E-state index in [0.29, 0.717) is 12.3 Å². The van der Waals surface area contributed by atoms with E-state index >= 15 is 0 Å². The minimum absolute atomic E-state index is 0.0471. The molecule has 0 aromatic heterocycles. The quantitative estimate of drug-likeness (QED) is 0.0981. The average Bonchev–Trinajstić information content (AvgIpc) is 3.22. The average molecular weight is 523 g/mol. The first-order valence-electron chi connectivity index (χ1n) is 16.8. The van der Waals surface area contributed by atoms with Crippen LogP contribution >= 0.6 is 0 Å². The van der Waals surface area contributed by atoms with Gasteiger partial charge in [0.25, 0.3) is 0 Å². The lowest BCUT2D eigenvalue weighted by molar-refractivity contribution is -0.171. The number of rotatable bonds is 14. The second kappa shape index (κ2) is 13.9. The van der Waals surface area contributed by atoms with Crippen LogP contribution in [0.25, 0.3) is 0 Å². The van der Waals surface area contributed by atoms with Gasteiger partial charge < -0.3 is 4.74 Å². The first kappa shape index (κ1) is 29.7. The number of unbranched alkanes of at least 4 members (excludes halogenated alkanes) is 7. The molecule has 3 saturated carbocycles. The normalized spacial score (nSPS) is 36.5. The summed E-state index contributed by atoms with van der Waals surface area (Å²) in [5.41, 5.74) is -0.735. The van der Waals surface area contributed by atoms with E-state index in [9.17, 15) is 4.79 Å². The molecule has 2 heteroatoms. The lowest BCUT2D eigenvalue weighted by Gasteiger charge is -2.56. The largest absolute Gasteiger partial charge is 0.445 e. The summed E-state index contributed by atoms with van der Waals surface area (Å²) in [6.07, 6.45) is 35.5. The number of hydrogen-bond acceptors (Lipinski definition) is 2. The first-order valence-corrected chi connectivity index (χ1v) is 16.8. The second-order valence-corrected chi connectivity index (χ2v) is 14.1. The highest BCUT2D eigenvalue weighted by Crippen LogP contribution is 2.65. The van der Waals surface area contributed by atoms with Gasteiger partial charge in [-0.2, -0.15) is 0 Å². The highest BCUT2D eigenvalue weighted by Gasteiger charge is 2.64. The molecule has 3 fully saturated rings. The third-order valence-corrected chi connectivity index (χ3v) is 11.8. The number of fused-ring (bicyclic) bond motifs is 5. The van der Waals surface area contributed by atoms with E-state index in [1.807, 2.05) is 0 Å². The monoisotopic (exact) mass is 522 g/mol. The molecule has 0 N–H and O–H groups in total. The highest BCUT2D eigenvalue weighted by molar-refractivity contribution is 5.70. The molecule has 4 aliphatic carbocycles. The Balaban J connectivity index is 1.17. The number of carbonyl (C=O) groups is 1. The Morgan fingerprint density at radius 2 is 1.61 bits per heavy atom. The molecule has 2 nitrogen and oxygen atoms in total. The van der Waals surface area contributed by atoms with Gasteiger partial charge in [0.15, 0.2) is 5.60 Å². The summed E-state index contributed by atoms with van der Waals surface area (Å²) >= 11 is 0. The van der Waals surface area contributed by atoms with Gasteiger partial charge in [-0.15, -0.1) is 6.42 Å². The second-order valence-electron chi connectivity index (χ2n) is 14.1. The van der Waals surface area contributed by atoms with Crippen molar-refractivity contribution in [2.45, 2.75) is 155 Å². The van der Waals surface area contributed by atoms with Crippen LogP contribution in [-0.2, 0) is 9.53 Å². The molecule has 4 aliphatic rings. The summed E-state index contributed by atoms with van der Waals surface area (Å²) in [6, 6.07) is 0. The van der Waals surface area contributed by atoms with E-state index in [0.717, 1.165) is 61.7 Å². The van der Waals surface area contributed by atoms with Crippen molar-refractivity contribution in [1.82, 2.24) is 0 Å². The maximum absolute atomic E-state index is 13.0. The molecular formula is C36H58O2. The van der Waals surface area contributed by atoms with Gasteiger partial charge in [0.2, 0.25) is 0 Å². The van der Waals surface area contributed by atoms with Crippen molar-refractivity contribution in [2.75, 3.05) is 0 Å². The summed E-state index contributed by atoms with van der Waals surface area (Å²) < 4.78 is 6.33. The summed E-state index contributed by atoms with van der Waals surface area (Å²) in [5, 5.41) is 0. The van der Waals surface area contributed by atoms with Crippen molar-refractivity contribution >= 4 is 5.97 Å². The van der Waals surface area contributed by atoms with Crippen LogP contribution in [-0.4, -0.2) is 11.6 Å². The predicted molar refractivity (Wildman–Crippen MR) is 160 cm³/mol. The van der Waals surface area contributed by atoms with Crippen LogP contribution in [0.5, 0.6) is 0 Å². The third-order valence-electron chi connectivity index (χ3n) is 11.8. The molecule has 0 saturated heterocycles. The number of allylic oxidation sites excluding steroid dienone is 2. The van der Waals surface area contributed by atoms with Crippen LogP contribution in [0.4, 0.5) is 0 Å². The molecule has 0 radical (unpaired) electrons.